The van der Waals surface area contributed by atoms with E-state index in [-0.39, 0.29) is 6.61 Å². The van der Waals surface area contributed by atoms with E-state index < -0.39 is 24.5 Å². The molecule has 1 aliphatic heterocycles. The summed E-state index contributed by atoms with van der Waals surface area (Å²) in [6.45, 7) is -0.240. The maximum absolute atomic E-state index is 10.3. The van der Waals surface area contributed by atoms with Gasteiger partial charge in [0, 0.05) is 7.11 Å². The molecule has 0 radical (unpaired) electrons. The van der Waals surface area contributed by atoms with Crippen LogP contribution in [0.15, 0.2) is 12.7 Å². The minimum absolute atomic E-state index is 0.240. The largest absolute Gasteiger partial charge is 0.394 e. The van der Waals surface area contributed by atoms with Crippen molar-refractivity contribution >= 4 is 23.4 Å². The molecule has 1 saturated heterocycles. The van der Waals surface area contributed by atoms with Crippen molar-refractivity contribution in [1.29, 1.82) is 0 Å². The third-order valence-corrected chi connectivity index (χ3v) is 3.71. The molecule has 0 unspecified atom stereocenters. The van der Waals surface area contributed by atoms with Gasteiger partial charge in [0.05, 0.1) is 19.3 Å². The van der Waals surface area contributed by atoms with Crippen LogP contribution in [0.1, 0.15) is 6.23 Å². The molecule has 3 N–H and O–H groups in total. The Morgan fingerprint density at radius 2 is 2.35 bits per heavy atom. The normalized spacial score (nSPS) is 30.1. The standard InChI is InChI=1S/C11H14N4O4S/c1-18-8-5(2-16)19-11(7(8)17)15-4-14-6-9(15)12-3-13-10(6)20/h3-5,7-8,11,16-17H,2H2,1H3,(H,12,13,20)/t5-,7-,8+,11+/m1/s1. The molecule has 8 nitrogen and oxygen atoms in total. The highest BCUT2D eigenvalue weighted by Crippen LogP contribution is 2.32. The molecule has 0 amide bonds. The highest BCUT2D eigenvalue weighted by atomic mass is 32.1. The lowest BCUT2D eigenvalue weighted by molar-refractivity contribution is -0.0535. The molecule has 9 heteroatoms. The molecule has 0 spiro atoms. The number of methoxy groups -OCH3 is 1. The van der Waals surface area contributed by atoms with E-state index >= 15 is 0 Å². The van der Waals surface area contributed by atoms with Gasteiger partial charge in [0.1, 0.15) is 29.5 Å². The number of hydrogen-bond acceptors (Lipinski definition) is 7. The number of imidazole rings is 1. The molecule has 1 fully saturated rings. The SMILES string of the molecule is CO[C@@H]1[C@@H](O)[C@@H](n2cnc3c(=S)nc[nH]c32)O[C@@H]1CO. The fourth-order valence-electron chi connectivity index (χ4n) is 2.45. The van der Waals surface area contributed by atoms with Gasteiger partial charge < -0.3 is 24.7 Å². The summed E-state index contributed by atoms with van der Waals surface area (Å²) in [4.78, 5) is 11.0. The average molecular weight is 298 g/mol. The van der Waals surface area contributed by atoms with E-state index in [0.29, 0.717) is 15.8 Å². The summed E-state index contributed by atoms with van der Waals surface area (Å²) in [5.41, 5.74) is 1.13. The van der Waals surface area contributed by atoms with E-state index in [1.54, 1.807) is 4.57 Å². The van der Waals surface area contributed by atoms with Crippen molar-refractivity contribution in [3.05, 3.63) is 17.3 Å². The first-order chi connectivity index (χ1) is 9.67. The summed E-state index contributed by atoms with van der Waals surface area (Å²) in [6.07, 6.45) is 0.134. The Bertz CT molecular complexity index is 672. The summed E-state index contributed by atoms with van der Waals surface area (Å²) >= 11 is 5.09. The molecular weight excluding hydrogens is 284 g/mol. The number of nitrogens with zero attached hydrogens (tertiary/aromatic N) is 3. The van der Waals surface area contributed by atoms with E-state index in [9.17, 15) is 10.2 Å². The van der Waals surface area contributed by atoms with Gasteiger partial charge in [-0.15, -0.1) is 0 Å². The zero-order valence-electron chi connectivity index (χ0n) is 10.6. The minimum atomic E-state index is -0.926. The van der Waals surface area contributed by atoms with Gasteiger partial charge in [0.2, 0.25) is 0 Å². The van der Waals surface area contributed by atoms with Crippen molar-refractivity contribution < 1.29 is 19.7 Å². The topological polar surface area (TPSA) is 105 Å². The van der Waals surface area contributed by atoms with Gasteiger partial charge in [-0.2, -0.15) is 0 Å². The summed E-state index contributed by atoms with van der Waals surface area (Å²) < 4.78 is 12.8. The van der Waals surface area contributed by atoms with Gasteiger partial charge in [-0.3, -0.25) is 4.57 Å². The van der Waals surface area contributed by atoms with Crippen LogP contribution in [0, 0.1) is 4.64 Å². The second-order valence-corrected chi connectivity index (χ2v) is 4.88. The van der Waals surface area contributed by atoms with E-state index in [4.69, 9.17) is 21.7 Å². The summed E-state index contributed by atoms with van der Waals surface area (Å²) in [6, 6.07) is 0. The Hall–Kier alpha value is -1.39. The Labute approximate surface area is 119 Å². The second kappa shape index (κ2) is 5.19. The Morgan fingerprint density at radius 1 is 1.55 bits per heavy atom. The van der Waals surface area contributed by atoms with E-state index in [1.807, 2.05) is 0 Å². The molecule has 0 saturated carbocycles. The summed E-state index contributed by atoms with van der Waals surface area (Å²) in [5, 5.41) is 19.6. The van der Waals surface area contributed by atoms with Crippen LogP contribution in [-0.4, -0.2) is 61.8 Å². The van der Waals surface area contributed by atoms with Crippen molar-refractivity contribution in [3.8, 4) is 0 Å². The van der Waals surface area contributed by atoms with Crippen LogP contribution in [0.3, 0.4) is 0 Å². The molecule has 3 heterocycles. The Morgan fingerprint density at radius 3 is 3.00 bits per heavy atom. The van der Waals surface area contributed by atoms with Gasteiger partial charge in [0.15, 0.2) is 10.9 Å². The maximum Gasteiger partial charge on any atom is 0.165 e. The van der Waals surface area contributed by atoms with Gasteiger partial charge >= 0.3 is 0 Å². The number of aliphatic hydroxyl groups excluding tert-OH is 2. The number of rotatable bonds is 3. The first-order valence-electron chi connectivity index (χ1n) is 6.04. The summed E-state index contributed by atoms with van der Waals surface area (Å²) in [5.74, 6) is 0. The van der Waals surface area contributed by atoms with E-state index in [0.717, 1.165) is 0 Å². The van der Waals surface area contributed by atoms with Gasteiger partial charge in [-0.25, -0.2) is 9.97 Å². The van der Waals surface area contributed by atoms with Crippen LogP contribution < -0.4 is 0 Å². The molecule has 108 valence electrons. The quantitative estimate of drug-likeness (QED) is 0.671. The number of aromatic amines is 1. The molecule has 0 aliphatic carbocycles. The number of fused-ring (bicyclic) bond motifs is 1. The van der Waals surface area contributed by atoms with Crippen molar-refractivity contribution in [2.75, 3.05) is 13.7 Å². The highest BCUT2D eigenvalue weighted by molar-refractivity contribution is 7.71. The first kappa shape index (κ1) is 13.6. The van der Waals surface area contributed by atoms with Crippen molar-refractivity contribution in [3.63, 3.8) is 0 Å². The highest BCUT2D eigenvalue weighted by Gasteiger charge is 2.45. The zero-order valence-corrected chi connectivity index (χ0v) is 11.4. The molecule has 1 aliphatic rings. The molecule has 3 rings (SSSR count). The van der Waals surface area contributed by atoms with Gasteiger partial charge in [-0.1, -0.05) is 12.2 Å². The van der Waals surface area contributed by atoms with Gasteiger partial charge in [-0.05, 0) is 0 Å². The lowest BCUT2D eigenvalue weighted by atomic mass is 10.1. The summed E-state index contributed by atoms with van der Waals surface area (Å²) in [7, 11) is 1.46. The molecule has 2 aromatic heterocycles. The number of aliphatic hydroxyl groups is 2. The Kier molecular flexibility index (Phi) is 3.52. The molecule has 0 bridgehead atoms. The predicted octanol–water partition coefficient (Wildman–Crippen LogP) is -0.246. The maximum atomic E-state index is 10.3. The molecule has 0 aromatic carbocycles. The van der Waals surface area contributed by atoms with Crippen LogP contribution in [-0.2, 0) is 9.47 Å². The van der Waals surface area contributed by atoms with Crippen molar-refractivity contribution in [2.24, 2.45) is 0 Å². The molecule has 4 atom stereocenters. The number of aromatic nitrogens is 4. The smallest absolute Gasteiger partial charge is 0.165 e. The predicted molar refractivity (Wildman–Crippen MR) is 70.5 cm³/mol. The first-order valence-corrected chi connectivity index (χ1v) is 6.45. The Balaban J connectivity index is 2.04. The minimum Gasteiger partial charge on any atom is -0.394 e. The van der Waals surface area contributed by atoms with Crippen LogP contribution in [0.2, 0.25) is 0 Å². The van der Waals surface area contributed by atoms with Crippen LogP contribution in [0.5, 0.6) is 0 Å². The molecular formula is C11H14N4O4S. The fraction of sp³-hybridized carbons (Fsp3) is 0.545. The molecule has 2 aromatic rings. The number of hydrogen-bond donors (Lipinski definition) is 3. The lowest BCUT2D eigenvalue weighted by Crippen LogP contribution is -2.35. The lowest BCUT2D eigenvalue weighted by Gasteiger charge is -2.18. The average Bonchev–Trinajstić information content (AvgIpc) is 3.00. The monoisotopic (exact) mass is 298 g/mol. The van der Waals surface area contributed by atoms with E-state index in [2.05, 4.69) is 15.0 Å². The number of ether oxygens (including phenoxy) is 2. The van der Waals surface area contributed by atoms with E-state index in [1.165, 1.54) is 19.8 Å². The number of nitrogens with one attached hydrogen (secondary N) is 1. The number of H-pyrrole nitrogens is 1. The van der Waals surface area contributed by atoms with Crippen molar-refractivity contribution in [2.45, 2.75) is 24.5 Å². The van der Waals surface area contributed by atoms with Crippen LogP contribution >= 0.6 is 12.2 Å². The molecule has 20 heavy (non-hydrogen) atoms. The van der Waals surface area contributed by atoms with Crippen molar-refractivity contribution in [1.82, 2.24) is 19.5 Å². The third kappa shape index (κ3) is 1.95. The van der Waals surface area contributed by atoms with Crippen LogP contribution in [0.4, 0.5) is 0 Å². The van der Waals surface area contributed by atoms with Crippen LogP contribution in [0.25, 0.3) is 11.2 Å². The third-order valence-electron chi connectivity index (χ3n) is 3.42. The second-order valence-electron chi connectivity index (χ2n) is 4.50. The zero-order chi connectivity index (χ0) is 14.3. The van der Waals surface area contributed by atoms with Gasteiger partial charge in [0.25, 0.3) is 0 Å². The fourth-order valence-corrected chi connectivity index (χ4v) is 2.66.